The molecule has 0 saturated heterocycles. The summed E-state index contributed by atoms with van der Waals surface area (Å²) in [5.74, 6) is -0.462. The maximum atomic E-state index is 11.9. The van der Waals surface area contributed by atoms with E-state index in [1.165, 1.54) is 12.7 Å². The molecule has 0 fully saturated rings. The molecule has 4 nitrogen and oxygen atoms in total. The van der Waals surface area contributed by atoms with Crippen LogP contribution in [0, 0.1) is 6.92 Å². The maximum absolute atomic E-state index is 11.9. The first-order valence-electron chi connectivity index (χ1n) is 8.11. The second-order valence-electron chi connectivity index (χ2n) is 6.07. The molecule has 134 valence electrons. The fourth-order valence-electron chi connectivity index (χ4n) is 2.67. The Balaban J connectivity index is 1.94. The zero-order chi connectivity index (χ0) is 18.7. The molecule has 3 rings (SSSR count). The van der Waals surface area contributed by atoms with E-state index in [0.29, 0.717) is 23.0 Å². The minimum absolute atomic E-state index is 0.277. The number of halogens is 2. The van der Waals surface area contributed by atoms with Crippen molar-refractivity contribution in [3.8, 4) is 0 Å². The van der Waals surface area contributed by atoms with Crippen molar-refractivity contribution in [2.24, 2.45) is 0 Å². The third-order valence-electron chi connectivity index (χ3n) is 4.10. The van der Waals surface area contributed by atoms with Crippen molar-refractivity contribution in [3.05, 3.63) is 86.7 Å². The van der Waals surface area contributed by atoms with Gasteiger partial charge in [0.25, 0.3) is 0 Å². The van der Waals surface area contributed by atoms with Gasteiger partial charge in [0.2, 0.25) is 0 Å². The van der Waals surface area contributed by atoms with Gasteiger partial charge in [0.1, 0.15) is 0 Å². The third kappa shape index (κ3) is 4.26. The zero-order valence-corrected chi connectivity index (χ0v) is 16.0. The number of hydrogen-bond acceptors (Lipinski definition) is 3. The van der Waals surface area contributed by atoms with E-state index in [1.54, 1.807) is 22.9 Å². The van der Waals surface area contributed by atoms with Crippen LogP contribution in [0.2, 0.25) is 10.0 Å². The third-order valence-corrected chi connectivity index (χ3v) is 4.69. The van der Waals surface area contributed by atoms with Crippen LogP contribution >= 0.6 is 23.2 Å². The summed E-state index contributed by atoms with van der Waals surface area (Å²) >= 11 is 12.3. The molecule has 0 amide bonds. The minimum atomic E-state index is -0.462. The largest absolute Gasteiger partial charge is 0.464 e. The van der Waals surface area contributed by atoms with Crippen LogP contribution in [0.15, 0.2) is 48.5 Å². The van der Waals surface area contributed by atoms with Crippen molar-refractivity contribution in [2.75, 3.05) is 7.11 Å². The Bertz CT molecular complexity index is 933. The molecule has 0 radical (unpaired) electrons. The van der Waals surface area contributed by atoms with E-state index in [1.807, 2.05) is 13.0 Å². The molecule has 0 aliphatic rings. The van der Waals surface area contributed by atoms with Crippen molar-refractivity contribution >= 4 is 29.2 Å². The van der Waals surface area contributed by atoms with Gasteiger partial charge >= 0.3 is 5.97 Å². The number of esters is 1. The summed E-state index contributed by atoms with van der Waals surface area (Å²) in [7, 11) is 1.34. The van der Waals surface area contributed by atoms with Gasteiger partial charge in [-0.05, 0) is 36.2 Å². The predicted octanol–water partition coefficient (Wildman–Crippen LogP) is 4.92. The SMILES string of the molecule is COC(=O)c1cc(Cc2ccc(C)cc2)n(Cc2ccc(Cl)cc2Cl)n1. The summed E-state index contributed by atoms with van der Waals surface area (Å²) in [5.41, 5.74) is 4.39. The number of nitrogens with zero attached hydrogens (tertiary/aromatic N) is 2. The van der Waals surface area contributed by atoms with Gasteiger partial charge in [-0.2, -0.15) is 5.10 Å². The summed E-state index contributed by atoms with van der Waals surface area (Å²) in [5, 5.41) is 5.55. The fraction of sp³-hybridized carbons (Fsp3) is 0.200. The van der Waals surface area contributed by atoms with Gasteiger partial charge in [-0.15, -0.1) is 0 Å². The number of methoxy groups -OCH3 is 1. The van der Waals surface area contributed by atoms with Crippen LogP contribution in [0.5, 0.6) is 0 Å². The van der Waals surface area contributed by atoms with Gasteiger partial charge in [0.15, 0.2) is 5.69 Å². The Hall–Kier alpha value is -2.30. The summed E-state index contributed by atoms with van der Waals surface area (Å²) in [6.07, 6.45) is 0.648. The molecule has 0 bridgehead atoms. The molecule has 26 heavy (non-hydrogen) atoms. The molecule has 3 aromatic rings. The van der Waals surface area contributed by atoms with Gasteiger partial charge in [-0.1, -0.05) is 59.1 Å². The Labute approximate surface area is 162 Å². The fourth-order valence-corrected chi connectivity index (χ4v) is 3.13. The summed E-state index contributed by atoms with van der Waals surface area (Å²) in [6, 6.07) is 15.4. The zero-order valence-electron chi connectivity index (χ0n) is 14.5. The Kier molecular flexibility index (Phi) is 5.64. The molecule has 0 N–H and O–H groups in total. The molecule has 0 unspecified atom stereocenters. The monoisotopic (exact) mass is 388 g/mol. The van der Waals surface area contributed by atoms with E-state index < -0.39 is 5.97 Å². The van der Waals surface area contributed by atoms with Gasteiger partial charge in [0.05, 0.1) is 13.7 Å². The van der Waals surface area contributed by atoms with E-state index in [4.69, 9.17) is 27.9 Å². The number of benzene rings is 2. The van der Waals surface area contributed by atoms with Crippen LogP contribution in [0.4, 0.5) is 0 Å². The smallest absolute Gasteiger partial charge is 0.358 e. The summed E-state index contributed by atoms with van der Waals surface area (Å²) < 4.78 is 6.58. The van der Waals surface area contributed by atoms with Crippen molar-refractivity contribution in [3.63, 3.8) is 0 Å². The highest BCUT2D eigenvalue weighted by atomic mass is 35.5. The molecular formula is C20H18Cl2N2O2. The van der Waals surface area contributed by atoms with Gasteiger partial charge in [-0.3, -0.25) is 4.68 Å². The van der Waals surface area contributed by atoms with E-state index in [-0.39, 0.29) is 5.69 Å². The highest BCUT2D eigenvalue weighted by Gasteiger charge is 2.16. The van der Waals surface area contributed by atoms with Crippen LogP contribution in [-0.4, -0.2) is 22.9 Å². The van der Waals surface area contributed by atoms with E-state index in [2.05, 4.69) is 29.4 Å². The molecular weight excluding hydrogens is 371 g/mol. The summed E-state index contributed by atoms with van der Waals surface area (Å²) in [4.78, 5) is 11.9. The van der Waals surface area contributed by atoms with Crippen LogP contribution in [0.25, 0.3) is 0 Å². The Morgan fingerprint density at radius 2 is 1.85 bits per heavy atom. The molecule has 0 spiro atoms. The van der Waals surface area contributed by atoms with Crippen molar-refractivity contribution in [2.45, 2.75) is 19.9 Å². The standard InChI is InChI=1S/C20H18Cl2N2O2/c1-13-3-5-14(6-4-13)9-17-11-19(20(25)26-2)23-24(17)12-15-7-8-16(21)10-18(15)22/h3-8,10-11H,9,12H2,1-2H3. The van der Waals surface area contributed by atoms with E-state index in [9.17, 15) is 4.79 Å². The Morgan fingerprint density at radius 3 is 2.50 bits per heavy atom. The van der Waals surface area contributed by atoms with Crippen LogP contribution < -0.4 is 0 Å². The molecule has 0 aliphatic heterocycles. The van der Waals surface area contributed by atoms with Crippen molar-refractivity contribution in [1.29, 1.82) is 0 Å². The summed E-state index contributed by atoms with van der Waals surface area (Å²) in [6.45, 7) is 2.49. The molecule has 2 aromatic carbocycles. The van der Waals surface area contributed by atoms with Crippen LogP contribution in [0.1, 0.15) is 32.9 Å². The van der Waals surface area contributed by atoms with Gasteiger partial charge in [-0.25, -0.2) is 4.79 Å². The molecule has 0 saturated carbocycles. The highest BCUT2D eigenvalue weighted by Crippen LogP contribution is 2.23. The van der Waals surface area contributed by atoms with E-state index >= 15 is 0 Å². The normalized spacial score (nSPS) is 10.8. The number of hydrogen-bond donors (Lipinski definition) is 0. The molecule has 1 aromatic heterocycles. The number of carbonyl (C=O) groups excluding carboxylic acids is 1. The second kappa shape index (κ2) is 7.94. The molecule has 6 heteroatoms. The predicted molar refractivity (Wildman–Crippen MR) is 103 cm³/mol. The lowest BCUT2D eigenvalue weighted by molar-refractivity contribution is 0.0593. The second-order valence-corrected chi connectivity index (χ2v) is 6.91. The molecule has 0 aliphatic carbocycles. The number of rotatable bonds is 5. The maximum Gasteiger partial charge on any atom is 0.358 e. The molecule has 0 atom stereocenters. The van der Waals surface area contributed by atoms with Gasteiger partial charge in [0, 0.05) is 22.2 Å². The number of aromatic nitrogens is 2. The van der Waals surface area contributed by atoms with Crippen molar-refractivity contribution < 1.29 is 9.53 Å². The highest BCUT2D eigenvalue weighted by molar-refractivity contribution is 6.35. The first-order chi connectivity index (χ1) is 12.5. The number of ether oxygens (including phenoxy) is 1. The quantitative estimate of drug-likeness (QED) is 0.582. The lowest BCUT2D eigenvalue weighted by Crippen LogP contribution is -2.09. The molecule has 1 heterocycles. The number of aryl methyl sites for hydroxylation is 1. The first-order valence-corrected chi connectivity index (χ1v) is 8.86. The number of carbonyl (C=O) groups is 1. The average Bonchev–Trinajstić information content (AvgIpc) is 3.01. The Morgan fingerprint density at radius 1 is 1.12 bits per heavy atom. The minimum Gasteiger partial charge on any atom is -0.464 e. The van der Waals surface area contributed by atoms with Gasteiger partial charge < -0.3 is 4.74 Å². The average molecular weight is 389 g/mol. The first kappa shape index (κ1) is 18.5. The lowest BCUT2D eigenvalue weighted by Gasteiger charge is -2.10. The van der Waals surface area contributed by atoms with E-state index in [0.717, 1.165) is 16.8 Å². The van der Waals surface area contributed by atoms with Crippen molar-refractivity contribution in [1.82, 2.24) is 9.78 Å². The van der Waals surface area contributed by atoms with Crippen LogP contribution in [0.3, 0.4) is 0 Å². The van der Waals surface area contributed by atoms with Crippen LogP contribution in [-0.2, 0) is 17.7 Å². The topological polar surface area (TPSA) is 44.1 Å². The lowest BCUT2D eigenvalue weighted by atomic mass is 10.1.